The van der Waals surface area contributed by atoms with Crippen LogP contribution < -0.4 is 0 Å². The molecular weight excluding hydrogens is 242 g/mol. The quantitative estimate of drug-likeness (QED) is 0.888. The Morgan fingerprint density at radius 1 is 1.21 bits per heavy atom. The highest BCUT2D eigenvalue weighted by Crippen LogP contribution is 2.61. The van der Waals surface area contributed by atoms with E-state index in [2.05, 4.69) is 5.16 Å². The minimum absolute atomic E-state index is 0.0241. The summed E-state index contributed by atoms with van der Waals surface area (Å²) in [5, 5.41) is 13.4. The summed E-state index contributed by atoms with van der Waals surface area (Å²) in [6.45, 7) is 1.73. The standard InChI is InChI=1S/C15H19NO3/c1-8-12(14(17)18)13(19-16-8)15-5-9-2-10(6-15)4-11(3-9)7-15/h9-11H,2-7H2,1H3,(H,17,18). The summed E-state index contributed by atoms with van der Waals surface area (Å²) in [6, 6.07) is 0. The van der Waals surface area contributed by atoms with Crippen LogP contribution in [-0.4, -0.2) is 16.2 Å². The summed E-state index contributed by atoms with van der Waals surface area (Å²) in [6.07, 6.45) is 7.34. The van der Waals surface area contributed by atoms with Crippen molar-refractivity contribution in [1.29, 1.82) is 0 Å². The summed E-state index contributed by atoms with van der Waals surface area (Å²) in [5.41, 5.74) is 0.837. The molecule has 5 rings (SSSR count). The van der Waals surface area contributed by atoms with Gasteiger partial charge in [0.1, 0.15) is 5.56 Å². The van der Waals surface area contributed by atoms with Gasteiger partial charge in [0.2, 0.25) is 0 Å². The third-order valence-electron chi connectivity index (χ3n) is 5.60. The van der Waals surface area contributed by atoms with Gasteiger partial charge in [-0.25, -0.2) is 4.79 Å². The Hall–Kier alpha value is -1.32. The van der Waals surface area contributed by atoms with Gasteiger partial charge in [-0.15, -0.1) is 0 Å². The number of carboxylic acids is 1. The minimum Gasteiger partial charge on any atom is -0.477 e. The number of aromatic nitrogens is 1. The van der Waals surface area contributed by atoms with Crippen molar-refractivity contribution >= 4 is 5.97 Å². The van der Waals surface area contributed by atoms with Gasteiger partial charge in [0.05, 0.1) is 5.69 Å². The molecule has 0 saturated heterocycles. The summed E-state index contributed by atoms with van der Waals surface area (Å²) in [7, 11) is 0. The van der Waals surface area contributed by atoms with E-state index in [1.165, 1.54) is 19.3 Å². The molecule has 102 valence electrons. The van der Waals surface area contributed by atoms with Crippen molar-refractivity contribution in [3.8, 4) is 0 Å². The van der Waals surface area contributed by atoms with Crippen LogP contribution in [0.3, 0.4) is 0 Å². The third kappa shape index (κ3) is 1.52. The molecule has 0 aliphatic heterocycles. The van der Waals surface area contributed by atoms with Gasteiger partial charge in [0.15, 0.2) is 5.76 Å². The van der Waals surface area contributed by atoms with Gasteiger partial charge in [-0.2, -0.15) is 0 Å². The molecule has 4 nitrogen and oxygen atoms in total. The normalized spacial score (nSPS) is 39.7. The van der Waals surface area contributed by atoms with Crippen LogP contribution in [0.4, 0.5) is 0 Å². The molecule has 0 radical (unpaired) electrons. The highest BCUT2D eigenvalue weighted by molar-refractivity contribution is 5.90. The number of carboxylic acid groups (broad SMARTS) is 1. The molecular formula is C15H19NO3. The number of hydrogen-bond donors (Lipinski definition) is 1. The number of aromatic carboxylic acids is 1. The lowest BCUT2D eigenvalue weighted by Gasteiger charge is -2.55. The first-order valence-corrected chi connectivity index (χ1v) is 7.27. The highest BCUT2D eigenvalue weighted by atomic mass is 16.5. The second-order valence-electron chi connectivity index (χ2n) is 6.98. The van der Waals surface area contributed by atoms with E-state index in [1.54, 1.807) is 6.92 Å². The molecule has 1 N–H and O–H groups in total. The molecule has 4 heteroatoms. The maximum absolute atomic E-state index is 11.5. The Kier molecular flexibility index (Phi) is 2.19. The Balaban J connectivity index is 1.82. The predicted octanol–water partition coefficient (Wildman–Crippen LogP) is 3.15. The van der Waals surface area contributed by atoms with E-state index in [4.69, 9.17) is 4.52 Å². The summed E-state index contributed by atoms with van der Waals surface area (Å²) in [5.74, 6) is 2.12. The van der Waals surface area contributed by atoms with Gasteiger partial charge in [0.25, 0.3) is 0 Å². The molecule has 0 amide bonds. The predicted molar refractivity (Wildman–Crippen MR) is 68.0 cm³/mol. The lowest BCUT2D eigenvalue weighted by Crippen LogP contribution is -2.48. The van der Waals surface area contributed by atoms with Crippen LogP contribution in [0.1, 0.15) is 60.3 Å². The van der Waals surface area contributed by atoms with E-state index in [9.17, 15) is 9.90 Å². The van der Waals surface area contributed by atoms with Crippen LogP contribution in [0.25, 0.3) is 0 Å². The van der Waals surface area contributed by atoms with E-state index < -0.39 is 5.97 Å². The third-order valence-corrected chi connectivity index (χ3v) is 5.60. The first-order valence-electron chi connectivity index (χ1n) is 7.27. The number of hydrogen-bond acceptors (Lipinski definition) is 3. The van der Waals surface area contributed by atoms with Crippen molar-refractivity contribution < 1.29 is 14.4 Å². The molecule has 4 aliphatic rings. The van der Waals surface area contributed by atoms with E-state index in [-0.39, 0.29) is 5.41 Å². The molecule has 19 heavy (non-hydrogen) atoms. The van der Waals surface area contributed by atoms with Gasteiger partial charge in [-0.1, -0.05) is 5.16 Å². The molecule has 0 aromatic carbocycles. The van der Waals surface area contributed by atoms with E-state index in [1.807, 2.05) is 0 Å². The van der Waals surface area contributed by atoms with Crippen molar-refractivity contribution in [2.24, 2.45) is 17.8 Å². The number of nitrogens with zero attached hydrogens (tertiary/aromatic N) is 1. The van der Waals surface area contributed by atoms with Gasteiger partial charge in [-0.3, -0.25) is 0 Å². The van der Waals surface area contributed by atoms with Crippen LogP contribution in [0.15, 0.2) is 4.52 Å². The molecule has 0 unspecified atom stereocenters. The van der Waals surface area contributed by atoms with Gasteiger partial charge >= 0.3 is 5.97 Å². The zero-order valence-corrected chi connectivity index (χ0v) is 11.2. The van der Waals surface area contributed by atoms with Crippen LogP contribution in [0.2, 0.25) is 0 Å². The lowest BCUT2D eigenvalue weighted by molar-refractivity contribution is -0.0182. The number of rotatable bonds is 2. The highest BCUT2D eigenvalue weighted by Gasteiger charge is 2.54. The Labute approximate surface area is 112 Å². The zero-order valence-electron chi connectivity index (χ0n) is 11.2. The molecule has 0 spiro atoms. The molecule has 4 bridgehead atoms. The van der Waals surface area contributed by atoms with Gasteiger partial charge < -0.3 is 9.63 Å². The zero-order chi connectivity index (χ0) is 13.2. The molecule has 1 heterocycles. The average molecular weight is 261 g/mol. The number of aryl methyl sites for hydroxylation is 1. The monoisotopic (exact) mass is 261 g/mol. The second kappa shape index (κ2) is 3.62. The Morgan fingerprint density at radius 3 is 2.21 bits per heavy atom. The van der Waals surface area contributed by atoms with Crippen LogP contribution in [0.5, 0.6) is 0 Å². The first kappa shape index (κ1) is 11.5. The van der Waals surface area contributed by atoms with Crippen LogP contribution >= 0.6 is 0 Å². The van der Waals surface area contributed by atoms with Gasteiger partial charge in [-0.05, 0) is 63.2 Å². The molecule has 1 aromatic rings. The van der Waals surface area contributed by atoms with Crippen LogP contribution in [0, 0.1) is 24.7 Å². The number of carbonyl (C=O) groups is 1. The fraction of sp³-hybridized carbons (Fsp3) is 0.733. The molecule has 1 aromatic heterocycles. The smallest absolute Gasteiger partial charge is 0.341 e. The lowest BCUT2D eigenvalue weighted by atomic mass is 9.48. The van der Waals surface area contributed by atoms with Crippen molar-refractivity contribution in [1.82, 2.24) is 5.16 Å². The fourth-order valence-electron chi connectivity index (χ4n) is 5.37. The molecule has 4 saturated carbocycles. The topological polar surface area (TPSA) is 63.3 Å². The van der Waals surface area contributed by atoms with Crippen molar-refractivity contribution in [3.63, 3.8) is 0 Å². The van der Waals surface area contributed by atoms with Crippen molar-refractivity contribution in [3.05, 3.63) is 17.0 Å². The SMILES string of the molecule is Cc1noc(C23CC4CC(CC(C4)C2)C3)c1C(=O)O. The minimum atomic E-state index is -0.885. The van der Waals surface area contributed by atoms with Crippen LogP contribution in [-0.2, 0) is 5.41 Å². The summed E-state index contributed by atoms with van der Waals surface area (Å²) in [4.78, 5) is 11.5. The van der Waals surface area contributed by atoms with Crippen molar-refractivity contribution in [2.45, 2.75) is 50.9 Å². The molecule has 4 aliphatic carbocycles. The Bertz CT molecular complexity index is 510. The van der Waals surface area contributed by atoms with E-state index >= 15 is 0 Å². The van der Waals surface area contributed by atoms with Crippen molar-refractivity contribution in [2.75, 3.05) is 0 Å². The molecule has 4 fully saturated rings. The average Bonchev–Trinajstić information content (AvgIpc) is 2.70. The van der Waals surface area contributed by atoms with Gasteiger partial charge in [0, 0.05) is 5.41 Å². The Morgan fingerprint density at radius 2 is 1.74 bits per heavy atom. The fourth-order valence-corrected chi connectivity index (χ4v) is 5.37. The second-order valence-corrected chi connectivity index (χ2v) is 6.98. The summed E-state index contributed by atoms with van der Waals surface area (Å²) < 4.78 is 5.51. The van der Waals surface area contributed by atoms with E-state index in [0.717, 1.165) is 37.0 Å². The summed E-state index contributed by atoms with van der Waals surface area (Å²) >= 11 is 0. The largest absolute Gasteiger partial charge is 0.477 e. The molecule has 0 atom stereocenters. The maximum atomic E-state index is 11.5. The maximum Gasteiger partial charge on any atom is 0.341 e. The first-order chi connectivity index (χ1) is 9.07. The van der Waals surface area contributed by atoms with E-state index in [0.29, 0.717) is 17.0 Å².